The molecular weight excluding hydrogens is 200 g/mol. The van der Waals surface area contributed by atoms with Gasteiger partial charge in [0.2, 0.25) is 0 Å². The van der Waals surface area contributed by atoms with Crippen molar-refractivity contribution >= 4 is 23.1 Å². The molecule has 0 aromatic carbocycles. The third-order valence-corrected chi connectivity index (χ3v) is 3.61. The quantitative estimate of drug-likeness (QED) is 0.769. The summed E-state index contributed by atoms with van der Waals surface area (Å²) in [6.07, 6.45) is 4.35. The van der Waals surface area contributed by atoms with Crippen molar-refractivity contribution in [3.05, 3.63) is 16.1 Å². The fourth-order valence-corrected chi connectivity index (χ4v) is 2.40. The first-order chi connectivity index (χ1) is 6.24. The van der Waals surface area contributed by atoms with E-state index in [9.17, 15) is 0 Å². The number of thioether (sulfide) groups is 1. The Bertz CT molecular complexity index is 248. The van der Waals surface area contributed by atoms with Crippen LogP contribution in [0.1, 0.15) is 29.6 Å². The molecule has 0 bridgehead atoms. The molecule has 0 aliphatic carbocycles. The van der Waals surface area contributed by atoms with Crippen LogP contribution in [0.15, 0.2) is 5.38 Å². The van der Waals surface area contributed by atoms with Crippen LogP contribution in [0.4, 0.5) is 0 Å². The van der Waals surface area contributed by atoms with Crippen LogP contribution in [0, 0.1) is 6.92 Å². The van der Waals surface area contributed by atoms with Crippen molar-refractivity contribution in [1.82, 2.24) is 4.98 Å². The molecule has 0 spiro atoms. The number of nitrogens with two attached hydrogens (primary N) is 1. The largest absolute Gasteiger partial charge is 0.322 e. The Hall–Kier alpha value is -0.0600. The van der Waals surface area contributed by atoms with E-state index in [-0.39, 0.29) is 6.04 Å². The van der Waals surface area contributed by atoms with Crippen molar-refractivity contribution in [1.29, 1.82) is 0 Å². The Morgan fingerprint density at radius 2 is 2.46 bits per heavy atom. The zero-order valence-corrected chi connectivity index (χ0v) is 9.75. The number of nitrogens with zero attached hydrogens (tertiary/aromatic N) is 1. The molecule has 13 heavy (non-hydrogen) atoms. The van der Waals surface area contributed by atoms with E-state index in [0.717, 1.165) is 17.1 Å². The molecule has 0 aliphatic heterocycles. The molecule has 0 amide bonds. The van der Waals surface area contributed by atoms with Gasteiger partial charge in [0.05, 0.1) is 6.04 Å². The number of hydrogen-bond donors (Lipinski definition) is 1. The number of hydrogen-bond acceptors (Lipinski definition) is 4. The average molecular weight is 216 g/mol. The number of rotatable bonds is 5. The second-order valence-electron chi connectivity index (χ2n) is 3.07. The van der Waals surface area contributed by atoms with Gasteiger partial charge in [-0.1, -0.05) is 0 Å². The number of aromatic nitrogens is 1. The Kier molecular flexibility index (Phi) is 4.77. The molecule has 0 saturated heterocycles. The minimum atomic E-state index is 0.144. The predicted octanol–water partition coefficient (Wildman–Crippen LogP) is 2.59. The molecule has 1 unspecified atom stereocenters. The fraction of sp³-hybridized carbons (Fsp3) is 0.667. The van der Waals surface area contributed by atoms with Crippen molar-refractivity contribution in [2.45, 2.75) is 25.8 Å². The summed E-state index contributed by atoms with van der Waals surface area (Å²) in [5, 5.41) is 3.14. The lowest BCUT2D eigenvalue weighted by Gasteiger charge is -2.06. The molecule has 1 aromatic heterocycles. The van der Waals surface area contributed by atoms with Crippen LogP contribution in [0.3, 0.4) is 0 Å². The van der Waals surface area contributed by atoms with Crippen molar-refractivity contribution in [2.24, 2.45) is 5.73 Å². The topological polar surface area (TPSA) is 38.9 Å². The van der Waals surface area contributed by atoms with Crippen LogP contribution < -0.4 is 5.73 Å². The summed E-state index contributed by atoms with van der Waals surface area (Å²) in [5.41, 5.74) is 7.07. The molecule has 0 fully saturated rings. The summed E-state index contributed by atoms with van der Waals surface area (Å²) in [4.78, 5) is 4.38. The second kappa shape index (κ2) is 5.62. The zero-order valence-electron chi connectivity index (χ0n) is 8.12. The Morgan fingerprint density at radius 1 is 1.69 bits per heavy atom. The van der Waals surface area contributed by atoms with Crippen molar-refractivity contribution in [3.63, 3.8) is 0 Å². The van der Waals surface area contributed by atoms with Gasteiger partial charge in [0.1, 0.15) is 5.01 Å². The summed E-state index contributed by atoms with van der Waals surface area (Å²) in [5.74, 6) is 1.19. The van der Waals surface area contributed by atoms with Crippen LogP contribution >= 0.6 is 23.1 Å². The summed E-state index contributed by atoms with van der Waals surface area (Å²) in [6, 6.07) is 0.144. The summed E-state index contributed by atoms with van der Waals surface area (Å²) in [7, 11) is 0. The van der Waals surface area contributed by atoms with Gasteiger partial charge in [-0.05, 0) is 31.8 Å². The van der Waals surface area contributed by atoms with E-state index < -0.39 is 0 Å². The Labute approximate surface area is 87.9 Å². The summed E-state index contributed by atoms with van der Waals surface area (Å²) >= 11 is 3.54. The predicted molar refractivity (Wildman–Crippen MR) is 61.4 cm³/mol. The molecule has 4 heteroatoms. The highest BCUT2D eigenvalue weighted by atomic mass is 32.2. The molecule has 2 N–H and O–H groups in total. The molecule has 0 aliphatic rings. The van der Waals surface area contributed by atoms with Crippen molar-refractivity contribution in [2.75, 3.05) is 12.0 Å². The molecule has 1 atom stereocenters. The van der Waals surface area contributed by atoms with Gasteiger partial charge >= 0.3 is 0 Å². The maximum Gasteiger partial charge on any atom is 0.110 e. The van der Waals surface area contributed by atoms with Gasteiger partial charge in [-0.2, -0.15) is 11.8 Å². The highest BCUT2D eigenvalue weighted by Crippen LogP contribution is 2.20. The summed E-state index contributed by atoms with van der Waals surface area (Å²) < 4.78 is 0. The molecule has 1 aromatic rings. The van der Waals surface area contributed by atoms with E-state index >= 15 is 0 Å². The van der Waals surface area contributed by atoms with Crippen LogP contribution in [-0.4, -0.2) is 17.0 Å². The minimum absolute atomic E-state index is 0.144. The van der Waals surface area contributed by atoms with E-state index in [0.29, 0.717) is 0 Å². The Balaban J connectivity index is 2.35. The molecular formula is C9H16N2S2. The van der Waals surface area contributed by atoms with E-state index in [2.05, 4.69) is 16.6 Å². The van der Waals surface area contributed by atoms with Gasteiger partial charge in [-0.15, -0.1) is 11.3 Å². The maximum atomic E-state index is 5.99. The second-order valence-corrected chi connectivity index (χ2v) is 4.94. The monoisotopic (exact) mass is 216 g/mol. The highest BCUT2D eigenvalue weighted by Gasteiger charge is 2.08. The molecule has 1 heterocycles. The van der Waals surface area contributed by atoms with Crippen LogP contribution in [0.5, 0.6) is 0 Å². The maximum absolute atomic E-state index is 5.99. The third-order valence-electron chi connectivity index (χ3n) is 1.82. The first kappa shape index (κ1) is 11.0. The lowest BCUT2D eigenvalue weighted by molar-refractivity contribution is 0.637. The van der Waals surface area contributed by atoms with Crippen LogP contribution in [-0.2, 0) is 0 Å². The molecule has 0 radical (unpaired) electrons. The first-order valence-electron chi connectivity index (χ1n) is 4.40. The van der Waals surface area contributed by atoms with Gasteiger partial charge < -0.3 is 5.73 Å². The van der Waals surface area contributed by atoms with E-state index in [1.165, 1.54) is 12.2 Å². The van der Waals surface area contributed by atoms with E-state index in [4.69, 9.17) is 5.73 Å². The van der Waals surface area contributed by atoms with Crippen LogP contribution in [0.2, 0.25) is 0 Å². The summed E-state index contributed by atoms with van der Waals surface area (Å²) in [6.45, 7) is 2.01. The zero-order chi connectivity index (χ0) is 9.68. The SMILES string of the molecule is CSCCCC(N)c1nc(C)cs1. The van der Waals surface area contributed by atoms with E-state index in [1.807, 2.05) is 18.7 Å². The smallest absolute Gasteiger partial charge is 0.110 e. The third kappa shape index (κ3) is 3.67. The highest BCUT2D eigenvalue weighted by molar-refractivity contribution is 7.98. The molecule has 0 saturated carbocycles. The van der Waals surface area contributed by atoms with Crippen LogP contribution in [0.25, 0.3) is 0 Å². The van der Waals surface area contributed by atoms with Gasteiger partial charge in [0, 0.05) is 11.1 Å². The van der Waals surface area contributed by atoms with Crippen molar-refractivity contribution < 1.29 is 0 Å². The van der Waals surface area contributed by atoms with E-state index in [1.54, 1.807) is 11.3 Å². The van der Waals surface area contributed by atoms with Gasteiger partial charge in [0.25, 0.3) is 0 Å². The fourth-order valence-electron chi connectivity index (χ4n) is 1.11. The van der Waals surface area contributed by atoms with Gasteiger partial charge in [-0.3, -0.25) is 0 Å². The molecule has 74 valence electrons. The minimum Gasteiger partial charge on any atom is -0.322 e. The number of aryl methyl sites for hydroxylation is 1. The lowest BCUT2D eigenvalue weighted by atomic mass is 10.2. The van der Waals surface area contributed by atoms with Crippen molar-refractivity contribution in [3.8, 4) is 0 Å². The van der Waals surface area contributed by atoms with Gasteiger partial charge in [-0.25, -0.2) is 4.98 Å². The number of thiazole rings is 1. The Morgan fingerprint density at radius 3 is 3.00 bits per heavy atom. The molecule has 2 nitrogen and oxygen atoms in total. The standard InChI is InChI=1S/C9H16N2S2/c1-7-6-13-9(11-7)8(10)4-3-5-12-2/h6,8H,3-5,10H2,1-2H3. The van der Waals surface area contributed by atoms with Gasteiger partial charge in [0.15, 0.2) is 0 Å². The average Bonchev–Trinajstić information content (AvgIpc) is 2.52. The lowest BCUT2D eigenvalue weighted by Crippen LogP contribution is -2.10. The molecule has 1 rings (SSSR count). The normalized spacial score (nSPS) is 13.2. The first-order valence-corrected chi connectivity index (χ1v) is 6.68.